The highest BCUT2D eigenvalue weighted by Crippen LogP contribution is 2.39. The second kappa shape index (κ2) is 9.83. The van der Waals surface area contributed by atoms with E-state index in [0.29, 0.717) is 35.3 Å². The van der Waals surface area contributed by atoms with Gasteiger partial charge in [0.2, 0.25) is 5.91 Å². The molecule has 4 rings (SSSR count). The topological polar surface area (TPSA) is 70.7 Å². The number of carbonyl (C=O) groups is 2. The molecule has 0 bridgehead atoms. The van der Waals surface area contributed by atoms with Crippen molar-refractivity contribution in [2.24, 2.45) is 5.92 Å². The van der Waals surface area contributed by atoms with Crippen molar-refractivity contribution in [1.29, 1.82) is 0 Å². The summed E-state index contributed by atoms with van der Waals surface area (Å²) in [6, 6.07) is 7.37. The predicted molar refractivity (Wildman–Crippen MR) is 125 cm³/mol. The molecule has 6 nitrogen and oxygen atoms in total. The van der Waals surface area contributed by atoms with Crippen molar-refractivity contribution >= 4 is 33.8 Å². The number of aryl methyl sites for hydroxylation is 1. The Kier molecular flexibility index (Phi) is 6.92. The number of hydrogen-bond donors (Lipinski definition) is 2. The first kappa shape index (κ1) is 21.8. The van der Waals surface area contributed by atoms with Crippen LogP contribution in [0.3, 0.4) is 0 Å². The molecular weight excluding hydrogens is 410 g/mol. The summed E-state index contributed by atoms with van der Waals surface area (Å²) in [5, 5.41) is 6.73. The molecule has 1 unspecified atom stereocenters. The minimum absolute atomic E-state index is 0.0378. The van der Waals surface area contributed by atoms with Crippen molar-refractivity contribution < 1.29 is 14.3 Å². The van der Waals surface area contributed by atoms with Gasteiger partial charge >= 0.3 is 0 Å². The Labute approximate surface area is 188 Å². The zero-order valence-electron chi connectivity index (χ0n) is 18.3. The Balaban J connectivity index is 1.47. The quantitative estimate of drug-likeness (QED) is 0.661. The van der Waals surface area contributed by atoms with Gasteiger partial charge in [-0.25, -0.2) is 0 Å². The highest BCUT2D eigenvalue weighted by atomic mass is 32.1. The third-order valence-electron chi connectivity index (χ3n) is 5.93. The van der Waals surface area contributed by atoms with Crippen LogP contribution < -0.4 is 15.4 Å². The third kappa shape index (κ3) is 5.28. The fourth-order valence-corrected chi connectivity index (χ4v) is 5.83. The van der Waals surface area contributed by atoms with E-state index in [2.05, 4.69) is 22.5 Å². The highest BCUT2D eigenvalue weighted by Gasteiger charge is 2.28. The smallest absolute Gasteiger partial charge is 0.258 e. The molecule has 2 amide bonds. The van der Waals surface area contributed by atoms with Crippen molar-refractivity contribution in [3.8, 4) is 5.75 Å². The minimum Gasteiger partial charge on any atom is -0.494 e. The van der Waals surface area contributed by atoms with Crippen LogP contribution in [0.2, 0.25) is 0 Å². The Hall–Kier alpha value is -2.38. The first-order valence-corrected chi connectivity index (χ1v) is 12.1. The van der Waals surface area contributed by atoms with Gasteiger partial charge in [0.05, 0.1) is 18.7 Å². The first-order valence-electron chi connectivity index (χ1n) is 11.2. The number of nitrogens with zero attached hydrogens (tertiary/aromatic N) is 1. The summed E-state index contributed by atoms with van der Waals surface area (Å²) < 4.78 is 5.47. The molecule has 0 saturated carbocycles. The predicted octanol–water partition coefficient (Wildman–Crippen LogP) is 4.56. The molecule has 2 aliphatic rings. The van der Waals surface area contributed by atoms with Gasteiger partial charge in [-0.3, -0.25) is 14.5 Å². The van der Waals surface area contributed by atoms with Crippen molar-refractivity contribution in [1.82, 2.24) is 4.90 Å². The number of fused-ring (bicyclic) bond motifs is 1. The Morgan fingerprint density at radius 2 is 1.97 bits per heavy atom. The normalized spacial score (nSPS) is 18.5. The molecule has 1 aromatic heterocycles. The summed E-state index contributed by atoms with van der Waals surface area (Å²) in [4.78, 5) is 29.4. The van der Waals surface area contributed by atoms with E-state index in [1.165, 1.54) is 11.3 Å². The number of amides is 2. The molecule has 166 valence electrons. The van der Waals surface area contributed by atoms with E-state index >= 15 is 0 Å². The number of ether oxygens (including phenoxy) is 1. The van der Waals surface area contributed by atoms with E-state index in [0.717, 1.165) is 50.1 Å². The van der Waals surface area contributed by atoms with Gasteiger partial charge < -0.3 is 15.4 Å². The van der Waals surface area contributed by atoms with Crippen LogP contribution in [-0.4, -0.2) is 43.0 Å². The molecule has 31 heavy (non-hydrogen) atoms. The summed E-state index contributed by atoms with van der Waals surface area (Å²) in [7, 11) is 0. The summed E-state index contributed by atoms with van der Waals surface area (Å²) in [6.45, 7) is 7.08. The van der Waals surface area contributed by atoms with Crippen LogP contribution in [-0.2, 0) is 17.6 Å². The second-order valence-corrected chi connectivity index (χ2v) is 9.61. The van der Waals surface area contributed by atoms with Crippen LogP contribution in [0, 0.1) is 5.92 Å². The molecule has 1 atom stereocenters. The Morgan fingerprint density at radius 1 is 1.16 bits per heavy atom. The van der Waals surface area contributed by atoms with Gasteiger partial charge in [-0.1, -0.05) is 6.92 Å². The number of likely N-dealkylation sites (tertiary alicyclic amines) is 1. The molecule has 2 aromatic rings. The molecule has 1 fully saturated rings. The molecule has 1 aliphatic carbocycles. The number of benzene rings is 1. The monoisotopic (exact) mass is 441 g/mol. The molecule has 1 aromatic carbocycles. The van der Waals surface area contributed by atoms with E-state index in [1.54, 1.807) is 11.3 Å². The number of nitrogens with one attached hydrogen (secondary N) is 2. The number of piperidine rings is 1. The molecule has 2 heterocycles. The Morgan fingerprint density at radius 3 is 2.71 bits per heavy atom. The fourth-order valence-electron chi connectivity index (χ4n) is 4.53. The zero-order valence-corrected chi connectivity index (χ0v) is 19.1. The van der Waals surface area contributed by atoms with Crippen LogP contribution in [0.5, 0.6) is 5.75 Å². The maximum Gasteiger partial charge on any atom is 0.258 e. The minimum atomic E-state index is -0.162. The molecule has 1 aliphatic heterocycles. The van der Waals surface area contributed by atoms with Gasteiger partial charge in [-0.2, -0.15) is 0 Å². The summed E-state index contributed by atoms with van der Waals surface area (Å²) in [5.74, 6) is 1.20. The largest absolute Gasteiger partial charge is 0.494 e. The SMILES string of the molecule is CCOc1ccc(NC(=O)c2c(NC(=O)CN3CCCC(C)C3)sc3c2CCC3)cc1. The summed E-state index contributed by atoms with van der Waals surface area (Å²) >= 11 is 1.56. The van der Waals surface area contributed by atoms with E-state index < -0.39 is 0 Å². The number of anilines is 2. The van der Waals surface area contributed by atoms with Gasteiger partial charge in [0.1, 0.15) is 10.8 Å². The summed E-state index contributed by atoms with van der Waals surface area (Å²) in [6.07, 6.45) is 5.29. The lowest BCUT2D eigenvalue weighted by atomic mass is 10.0. The van der Waals surface area contributed by atoms with E-state index in [4.69, 9.17) is 4.74 Å². The first-order chi connectivity index (χ1) is 15.0. The lowest BCUT2D eigenvalue weighted by Crippen LogP contribution is -2.39. The maximum absolute atomic E-state index is 13.2. The average Bonchev–Trinajstić information content (AvgIpc) is 3.30. The van der Waals surface area contributed by atoms with Gasteiger partial charge in [0, 0.05) is 17.1 Å². The number of thiophene rings is 1. The molecule has 7 heteroatoms. The number of hydrogen-bond acceptors (Lipinski definition) is 5. The fraction of sp³-hybridized carbons (Fsp3) is 0.500. The van der Waals surface area contributed by atoms with Gasteiger partial charge in [-0.05, 0) is 81.3 Å². The molecule has 0 spiro atoms. The van der Waals surface area contributed by atoms with Gasteiger partial charge in [0.25, 0.3) is 5.91 Å². The lowest BCUT2D eigenvalue weighted by molar-refractivity contribution is -0.117. The average molecular weight is 442 g/mol. The zero-order chi connectivity index (χ0) is 21.8. The van der Waals surface area contributed by atoms with Crippen LogP contribution in [0.15, 0.2) is 24.3 Å². The lowest BCUT2D eigenvalue weighted by Gasteiger charge is -2.30. The maximum atomic E-state index is 13.2. The molecule has 0 radical (unpaired) electrons. The second-order valence-electron chi connectivity index (χ2n) is 8.50. The van der Waals surface area contributed by atoms with E-state index in [-0.39, 0.29) is 11.8 Å². The summed E-state index contributed by atoms with van der Waals surface area (Å²) in [5.41, 5.74) is 2.44. The third-order valence-corrected chi connectivity index (χ3v) is 7.14. The van der Waals surface area contributed by atoms with Crippen LogP contribution in [0.1, 0.15) is 53.9 Å². The van der Waals surface area contributed by atoms with Crippen LogP contribution in [0.4, 0.5) is 10.7 Å². The van der Waals surface area contributed by atoms with Gasteiger partial charge in [0.15, 0.2) is 0 Å². The van der Waals surface area contributed by atoms with Crippen molar-refractivity contribution in [3.63, 3.8) is 0 Å². The molecular formula is C24H31N3O3S. The van der Waals surface area contributed by atoms with E-state index in [9.17, 15) is 9.59 Å². The standard InChI is InChI=1S/C24H31N3O3S/c1-3-30-18-11-9-17(10-12-18)25-23(29)22-19-7-4-8-20(19)31-24(22)26-21(28)15-27-13-5-6-16(2)14-27/h9-12,16H,3-8,13-15H2,1-2H3,(H,25,29)(H,26,28). The highest BCUT2D eigenvalue weighted by molar-refractivity contribution is 7.17. The molecule has 2 N–H and O–H groups in total. The number of rotatable bonds is 7. The van der Waals surface area contributed by atoms with Crippen LogP contribution >= 0.6 is 11.3 Å². The van der Waals surface area contributed by atoms with E-state index in [1.807, 2.05) is 31.2 Å². The van der Waals surface area contributed by atoms with Crippen molar-refractivity contribution in [2.75, 3.05) is 36.9 Å². The molecule has 1 saturated heterocycles. The van der Waals surface area contributed by atoms with Crippen LogP contribution in [0.25, 0.3) is 0 Å². The van der Waals surface area contributed by atoms with Crippen molar-refractivity contribution in [2.45, 2.75) is 46.0 Å². The Bertz CT molecular complexity index is 938. The number of carbonyl (C=O) groups excluding carboxylic acids is 2. The van der Waals surface area contributed by atoms with Crippen molar-refractivity contribution in [3.05, 3.63) is 40.3 Å². The van der Waals surface area contributed by atoms with Gasteiger partial charge in [-0.15, -0.1) is 11.3 Å².